The molecule has 2 unspecified atom stereocenters. The number of β-amino-alcohol motifs (C(OH)–C–C–N with tert-alkyl or cyclic N) is 1. The van der Waals surface area contributed by atoms with Crippen LogP contribution in [0.4, 0.5) is 0 Å². The van der Waals surface area contributed by atoms with Gasteiger partial charge in [-0.25, -0.2) is 0 Å². The standard InChI is InChI=1S/C11H22N2O2/c1-3-5-12-11(15)8-13-6-4-9(2)10(14)7-13/h9-10,14H,3-8H2,1-2H3,(H,12,15). The van der Waals surface area contributed by atoms with Gasteiger partial charge >= 0.3 is 0 Å². The zero-order valence-corrected chi connectivity index (χ0v) is 9.70. The Balaban J connectivity index is 2.24. The molecule has 1 aliphatic heterocycles. The van der Waals surface area contributed by atoms with Gasteiger partial charge in [0.25, 0.3) is 0 Å². The van der Waals surface area contributed by atoms with Gasteiger partial charge in [-0.3, -0.25) is 9.69 Å². The predicted molar refractivity (Wildman–Crippen MR) is 59.5 cm³/mol. The first-order chi connectivity index (χ1) is 7.13. The van der Waals surface area contributed by atoms with Gasteiger partial charge in [-0.2, -0.15) is 0 Å². The van der Waals surface area contributed by atoms with E-state index in [1.54, 1.807) is 0 Å². The molecule has 0 aromatic heterocycles. The lowest BCUT2D eigenvalue weighted by molar-refractivity contribution is -0.123. The Bertz CT molecular complexity index is 209. The van der Waals surface area contributed by atoms with Crippen molar-refractivity contribution in [3.05, 3.63) is 0 Å². The van der Waals surface area contributed by atoms with Gasteiger partial charge in [0.2, 0.25) is 5.91 Å². The van der Waals surface area contributed by atoms with Crippen molar-refractivity contribution >= 4 is 5.91 Å². The summed E-state index contributed by atoms with van der Waals surface area (Å²) >= 11 is 0. The number of carbonyl (C=O) groups excluding carboxylic acids is 1. The lowest BCUT2D eigenvalue weighted by atomic mass is 9.96. The van der Waals surface area contributed by atoms with E-state index in [4.69, 9.17) is 0 Å². The van der Waals surface area contributed by atoms with Crippen LogP contribution in [0.2, 0.25) is 0 Å². The van der Waals surface area contributed by atoms with Crippen LogP contribution in [0.15, 0.2) is 0 Å². The second-order valence-electron chi connectivity index (χ2n) is 4.42. The first-order valence-electron chi connectivity index (χ1n) is 5.80. The minimum atomic E-state index is -0.280. The van der Waals surface area contributed by atoms with Gasteiger partial charge in [-0.15, -0.1) is 0 Å². The van der Waals surface area contributed by atoms with Crippen LogP contribution in [0.5, 0.6) is 0 Å². The third-order valence-corrected chi connectivity index (χ3v) is 2.94. The Hall–Kier alpha value is -0.610. The highest BCUT2D eigenvalue weighted by molar-refractivity contribution is 5.77. The molecule has 0 aromatic carbocycles. The largest absolute Gasteiger partial charge is 0.392 e. The summed E-state index contributed by atoms with van der Waals surface area (Å²) in [7, 11) is 0. The number of hydrogen-bond donors (Lipinski definition) is 2. The molecule has 0 bridgehead atoms. The highest BCUT2D eigenvalue weighted by atomic mass is 16.3. The second-order valence-corrected chi connectivity index (χ2v) is 4.42. The van der Waals surface area contributed by atoms with Gasteiger partial charge in [0.1, 0.15) is 0 Å². The number of piperidine rings is 1. The topological polar surface area (TPSA) is 52.6 Å². The van der Waals surface area contributed by atoms with E-state index in [-0.39, 0.29) is 12.0 Å². The number of likely N-dealkylation sites (tertiary alicyclic amines) is 1. The molecular formula is C11H22N2O2. The Morgan fingerprint density at radius 1 is 1.60 bits per heavy atom. The summed E-state index contributed by atoms with van der Waals surface area (Å²) in [6, 6.07) is 0. The Morgan fingerprint density at radius 3 is 2.93 bits per heavy atom. The third-order valence-electron chi connectivity index (χ3n) is 2.94. The molecule has 2 atom stereocenters. The van der Waals surface area contributed by atoms with E-state index in [1.807, 2.05) is 11.8 Å². The monoisotopic (exact) mass is 214 g/mol. The molecule has 4 nitrogen and oxygen atoms in total. The Labute approximate surface area is 91.6 Å². The molecule has 88 valence electrons. The van der Waals surface area contributed by atoms with Crippen LogP contribution in [-0.2, 0) is 4.79 Å². The van der Waals surface area contributed by atoms with Crippen molar-refractivity contribution in [2.45, 2.75) is 32.8 Å². The van der Waals surface area contributed by atoms with E-state index < -0.39 is 0 Å². The smallest absolute Gasteiger partial charge is 0.234 e. The maximum Gasteiger partial charge on any atom is 0.234 e. The van der Waals surface area contributed by atoms with E-state index >= 15 is 0 Å². The summed E-state index contributed by atoms with van der Waals surface area (Å²) in [4.78, 5) is 13.4. The first-order valence-corrected chi connectivity index (χ1v) is 5.80. The fraction of sp³-hybridized carbons (Fsp3) is 0.909. The summed E-state index contributed by atoms with van der Waals surface area (Å²) in [6.07, 6.45) is 1.66. The lowest BCUT2D eigenvalue weighted by Crippen LogP contribution is -2.47. The van der Waals surface area contributed by atoms with E-state index in [0.717, 1.165) is 25.9 Å². The summed E-state index contributed by atoms with van der Waals surface area (Å²) in [6.45, 7) is 6.79. The van der Waals surface area contributed by atoms with Crippen molar-refractivity contribution in [3.63, 3.8) is 0 Å². The summed E-state index contributed by atoms with van der Waals surface area (Å²) in [5, 5.41) is 12.5. The molecule has 1 aliphatic rings. The average Bonchev–Trinajstić information content (AvgIpc) is 2.20. The molecule has 1 saturated heterocycles. The number of aliphatic hydroxyl groups is 1. The Morgan fingerprint density at radius 2 is 2.33 bits per heavy atom. The molecule has 1 rings (SSSR count). The number of rotatable bonds is 4. The van der Waals surface area contributed by atoms with Crippen LogP contribution in [-0.4, -0.2) is 48.2 Å². The van der Waals surface area contributed by atoms with Crippen LogP contribution >= 0.6 is 0 Å². The van der Waals surface area contributed by atoms with E-state index in [9.17, 15) is 9.90 Å². The SMILES string of the molecule is CCCNC(=O)CN1CCC(C)C(O)C1. The third kappa shape index (κ3) is 4.18. The number of carbonyl (C=O) groups is 1. The fourth-order valence-corrected chi connectivity index (χ4v) is 1.78. The second kappa shape index (κ2) is 6.08. The van der Waals surface area contributed by atoms with E-state index in [1.165, 1.54) is 0 Å². The van der Waals surface area contributed by atoms with Gasteiger partial charge in [-0.1, -0.05) is 13.8 Å². The number of nitrogens with zero attached hydrogens (tertiary/aromatic N) is 1. The molecule has 1 fully saturated rings. The van der Waals surface area contributed by atoms with Crippen molar-refractivity contribution in [2.24, 2.45) is 5.92 Å². The number of nitrogens with one attached hydrogen (secondary N) is 1. The van der Waals surface area contributed by atoms with Crippen LogP contribution in [0.1, 0.15) is 26.7 Å². The fourth-order valence-electron chi connectivity index (χ4n) is 1.78. The van der Waals surface area contributed by atoms with E-state index in [2.05, 4.69) is 12.2 Å². The molecule has 4 heteroatoms. The zero-order valence-electron chi connectivity index (χ0n) is 9.70. The number of amides is 1. The van der Waals surface area contributed by atoms with Gasteiger partial charge in [-0.05, 0) is 25.3 Å². The van der Waals surface area contributed by atoms with Crippen LogP contribution in [0, 0.1) is 5.92 Å². The highest BCUT2D eigenvalue weighted by Crippen LogP contribution is 2.16. The van der Waals surface area contributed by atoms with Crippen molar-refractivity contribution in [1.29, 1.82) is 0 Å². The van der Waals surface area contributed by atoms with Gasteiger partial charge in [0.05, 0.1) is 12.6 Å². The molecule has 0 saturated carbocycles. The van der Waals surface area contributed by atoms with Crippen LogP contribution in [0.3, 0.4) is 0 Å². The zero-order chi connectivity index (χ0) is 11.3. The van der Waals surface area contributed by atoms with Crippen molar-refractivity contribution < 1.29 is 9.90 Å². The summed E-state index contributed by atoms with van der Waals surface area (Å²) < 4.78 is 0. The summed E-state index contributed by atoms with van der Waals surface area (Å²) in [5.74, 6) is 0.429. The van der Waals surface area contributed by atoms with Crippen molar-refractivity contribution in [3.8, 4) is 0 Å². The van der Waals surface area contributed by atoms with E-state index in [0.29, 0.717) is 19.0 Å². The molecule has 0 aliphatic carbocycles. The number of aliphatic hydroxyl groups excluding tert-OH is 1. The maximum absolute atomic E-state index is 11.4. The molecular weight excluding hydrogens is 192 g/mol. The normalized spacial score (nSPS) is 27.7. The predicted octanol–water partition coefficient (Wildman–Crippen LogP) is 0.215. The highest BCUT2D eigenvalue weighted by Gasteiger charge is 2.25. The van der Waals surface area contributed by atoms with Crippen molar-refractivity contribution in [1.82, 2.24) is 10.2 Å². The van der Waals surface area contributed by atoms with Gasteiger partial charge in [0.15, 0.2) is 0 Å². The molecule has 15 heavy (non-hydrogen) atoms. The lowest BCUT2D eigenvalue weighted by Gasteiger charge is -2.33. The first kappa shape index (κ1) is 12.5. The average molecular weight is 214 g/mol. The molecule has 2 N–H and O–H groups in total. The summed E-state index contributed by atoms with van der Waals surface area (Å²) in [5.41, 5.74) is 0. The van der Waals surface area contributed by atoms with Crippen LogP contribution in [0.25, 0.3) is 0 Å². The quantitative estimate of drug-likeness (QED) is 0.703. The van der Waals surface area contributed by atoms with Gasteiger partial charge < -0.3 is 10.4 Å². The molecule has 1 heterocycles. The van der Waals surface area contributed by atoms with Crippen molar-refractivity contribution in [2.75, 3.05) is 26.2 Å². The molecule has 1 amide bonds. The molecule has 0 aromatic rings. The minimum absolute atomic E-state index is 0.0682. The minimum Gasteiger partial charge on any atom is -0.392 e. The Kier molecular flexibility index (Phi) is 5.05. The molecule has 0 radical (unpaired) electrons. The van der Waals surface area contributed by atoms with Gasteiger partial charge in [0, 0.05) is 13.1 Å². The maximum atomic E-state index is 11.4. The number of hydrogen-bond acceptors (Lipinski definition) is 3. The van der Waals surface area contributed by atoms with Crippen LogP contribution < -0.4 is 5.32 Å². The molecule has 0 spiro atoms.